The monoisotopic (exact) mass is 371 g/mol. The Bertz CT molecular complexity index is 704. The van der Waals surface area contributed by atoms with E-state index in [2.05, 4.69) is 0 Å². The summed E-state index contributed by atoms with van der Waals surface area (Å²) in [5.41, 5.74) is 2.14. The Hall–Kier alpha value is -1.92. The van der Waals surface area contributed by atoms with E-state index >= 15 is 0 Å². The van der Waals surface area contributed by atoms with Crippen LogP contribution in [0.2, 0.25) is 0 Å². The van der Waals surface area contributed by atoms with Gasteiger partial charge in [-0.25, -0.2) is 0 Å². The summed E-state index contributed by atoms with van der Waals surface area (Å²) in [6, 6.07) is 17.0. The number of likely N-dealkylation sites (tertiary alicyclic amines) is 1. The van der Waals surface area contributed by atoms with Gasteiger partial charge in [0.25, 0.3) is 0 Å². The normalized spacial score (nSPS) is 25.9. The van der Waals surface area contributed by atoms with Crippen LogP contribution in [0.25, 0.3) is 0 Å². The van der Waals surface area contributed by atoms with E-state index in [1.54, 1.807) is 0 Å². The number of ether oxygens (including phenoxy) is 1. The molecule has 0 bridgehead atoms. The summed E-state index contributed by atoms with van der Waals surface area (Å²) in [5, 5.41) is 30.8. The minimum Gasteiger partial charge on any atom is -0.491 e. The zero-order chi connectivity index (χ0) is 19.4. The molecule has 1 saturated heterocycles. The zero-order valence-electron chi connectivity index (χ0n) is 15.9. The van der Waals surface area contributed by atoms with E-state index in [4.69, 9.17) is 4.74 Å². The van der Waals surface area contributed by atoms with Crippen molar-refractivity contribution in [1.82, 2.24) is 4.90 Å². The summed E-state index contributed by atoms with van der Waals surface area (Å²) >= 11 is 0. The van der Waals surface area contributed by atoms with Crippen LogP contribution in [0, 0.1) is 0 Å². The molecule has 5 heteroatoms. The van der Waals surface area contributed by atoms with E-state index in [0.717, 1.165) is 16.9 Å². The van der Waals surface area contributed by atoms with Crippen molar-refractivity contribution >= 4 is 0 Å². The molecule has 1 aliphatic heterocycles. The third-order valence-electron chi connectivity index (χ3n) is 5.13. The van der Waals surface area contributed by atoms with Gasteiger partial charge < -0.3 is 20.1 Å². The highest BCUT2D eigenvalue weighted by atomic mass is 16.5. The third-order valence-corrected chi connectivity index (χ3v) is 5.13. The lowest BCUT2D eigenvalue weighted by Crippen LogP contribution is -2.41. The first-order valence-corrected chi connectivity index (χ1v) is 9.52. The molecule has 27 heavy (non-hydrogen) atoms. The maximum Gasteiger partial charge on any atom is 0.119 e. The maximum absolute atomic E-state index is 10.6. The zero-order valence-corrected chi connectivity index (χ0v) is 15.9. The van der Waals surface area contributed by atoms with Crippen LogP contribution in [-0.2, 0) is 13.0 Å². The van der Waals surface area contributed by atoms with E-state index in [1.807, 2.05) is 73.3 Å². The van der Waals surface area contributed by atoms with Gasteiger partial charge in [-0.3, -0.25) is 4.90 Å². The Morgan fingerprint density at radius 3 is 2.11 bits per heavy atom. The number of aliphatic hydroxyl groups is 3. The fourth-order valence-corrected chi connectivity index (χ4v) is 3.79. The van der Waals surface area contributed by atoms with Crippen molar-refractivity contribution in [2.24, 2.45) is 0 Å². The van der Waals surface area contributed by atoms with Crippen molar-refractivity contribution in [3.8, 4) is 5.75 Å². The van der Waals surface area contributed by atoms with Gasteiger partial charge in [0.1, 0.15) is 5.75 Å². The Labute approximate surface area is 160 Å². The van der Waals surface area contributed by atoms with Crippen LogP contribution >= 0.6 is 0 Å². The topological polar surface area (TPSA) is 73.2 Å². The van der Waals surface area contributed by atoms with Crippen LogP contribution in [-0.4, -0.2) is 57.2 Å². The van der Waals surface area contributed by atoms with Crippen LogP contribution in [0.3, 0.4) is 0 Å². The standard InChI is InChI=1S/C22H29NO4/c1-15(2)27-18-10-8-17(9-11-18)13-23-19(12-16-6-4-3-5-7-16)21(25)22(26)20(23)14-24/h3-11,15,19-22,24-26H,12-14H2,1-2H3/t19-,20+,21-,22+/m0/s1. The Morgan fingerprint density at radius 1 is 0.889 bits per heavy atom. The van der Waals surface area contributed by atoms with Crippen LogP contribution < -0.4 is 4.74 Å². The lowest BCUT2D eigenvalue weighted by molar-refractivity contribution is 0.0178. The van der Waals surface area contributed by atoms with Crippen molar-refractivity contribution in [2.45, 2.75) is 57.2 Å². The second-order valence-electron chi connectivity index (χ2n) is 7.47. The fourth-order valence-electron chi connectivity index (χ4n) is 3.79. The molecule has 0 saturated carbocycles. The largest absolute Gasteiger partial charge is 0.491 e. The smallest absolute Gasteiger partial charge is 0.119 e. The van der Waals surface area contributed by atoms with Crippen molar-refractivity contribution in [3.63, 3.8) is 0 Å². The number of hydrogen-bond donors (Lipinski definition) is 3. The summed E-state index contributed by atoms with van der Waals surface area (Å²) in [6.45, 7) is 4.32. The molecule has 146 valence electrons. The lowest BCUT2D eigenvalue weighted by atomic mass is 10.0. The van der Waals surface area contributed by atoms with Crippen LogP contribution in [0.4, 0.5) is 0 Å². The van der Waals surface area contributed by atoms with Gasteiger partial charge >= 0.3 is 0 Å². The molecule has 3 rings (SSSR count). The molecule has 5 nitrogen and oxygen atoms in total. The number of hydrogen-bond acceptors (Lipinski definition) is 5. The molecule has 0 unspecified atom stereocenters. The number of rotatable bonds is 7. The minimum atomic E-state index is -0.966. The first-order chi connectivity index (χ1) is 13.0. The molecule has 1 fully saturated rings. The van der Waals surface area contributed by atoms with Crippen LogP contribution in [0.1, 0.15) is 25.0 Å². The number of aliphatic hydroxyl groups excluding tert-OH is 3. The van der Waals surface area contributed by atoms with Gasteiger partial charge in [-0.15, -0.1) is 0 Å². The molecular formula is C22H29NO4. The maximum atomic E-state index is 10.6. The Morgan fingerprint density at radius 2 is 1.52 bits per heavy atom. The van der Waals surface area contributed by atoms with Gasteiger partial charge in [0.15, 0.2) is 0 Å². The highest BCUT2D eigenvalue weighted by Crippen LogP contribution is 2.30. The van der Waals surface area contributed by atoms with Crippen LogP contribution in [0.5, 0.6) is 5.75 Å². The molecule has 2 aromatic carbocycles. The average molecular weight is 371 g/mol. The summed E-state index contributed by atoms with van der Waals surface area (Å²) in [4.78, 5) is 2.01. The molecule has 3 N–H and O–H groups in total. The number of nitrogens with zero attached hydrogens (tertiary/aromatic N) is 1. The summed E-state index contributed by atoms with van der Waals surface area (Å²) < 4.78 is 5.68. The van der Waals surface area contributed by atoms with E-state index < -0.39 is 18.2 Å². The molecule has 0 amide bonds. The van der Waals surface area contributed by atoms with E-state index in [-0.39, 0.29) is 18.8 Å². The Kier molecular flexibility index (Phi) is 6.50. The van der Waals surface area contributed by atoms with Crippen LogP contribution in [0.15, 0.2) is 54.6 Å². The molecule has 0 spiro atoms. The first-order valence-electron chi connectivity index (χ1n) is 9.52. The van der Waals surface area contributed by atoms with Crippen molar-refractivity contribution in [1.29, 1.82) is 0 Å². The predicted molar refractivity (Wildman–Crippen MR) is 105 cm³/mol. The molecule has 0 aromatic heterocycles. The number of benzene rings is 2. The first kappa shape index (κ1) is 19.8. The molecular weight excluding hydrogens is 342 g/mol. The fraction of sp³-hybridized carbons (Fsp3) is 0.455. The van der Waals surface area contributed by atoms with Gasteiger partial charge in [0.05, 0.1) is 31.0 Å². The van der Waals surface area contributed by atoms with Crippen molar-refractivity contribution in [3.05, 3.63) is 65.7 Å². The SMILES string of the molecule is CC(C)Oc1ccc(CN2[C@H](CO)[C@@H](O)[C@@H](O)[C@@H]2Cc2ccccc2)cc1. The molecule has 1 aliphatic rings. The molecule has 0 aliphatic carbocycles. The predicted octanol–water partition coefficient (Wildman–Crippen LogP) is 1.98. The molecule has 1 heterocycles. The second kappa shape index (κ2) is 8.85. The van der Waals surface area contributed by atoms with Crippen molar-refractivity contribution in [2.75, 3.05) is 6.61 Å². The summed E-state index contributed by atoms with van der Waals surface area (Å²) in [6.07, 6.45) is -1.13. The third kappa shape index (κ3) is 4.68. The van der Waals surface area contributed by atoms with Gasteiger partial charge in [-0.05, 0) is 43.5 Å². The Balaban J connectivity index is 1.78. The highest BCUT2D eigenvalue weighted by Gasteiger charge is 2.46. The van der Waals surface area contributed by atoms with Gasteiger partial charge in [0.2, 0.25) is 0 Å². The van der Waals surface area contributed by atoms with Gasteiger partial charge in [0, 0.05) is 12.6 Å². The van der Waals surface area contributed by atoms with Gasteiger partial charge in [-0.1, -0.05) is 42.5 Å². The average Bonchev–Trinajstić information content (AvgIpc) is 2.88. The molecule has 2 aromatic rings. The second-order valence-corrected chi connectivity index (χ2v) is 7.47. The summed E-state index contributed by atoms with van der Waals surface area (Å²) in [5.74, 6) is 0.815. The quantitative estimate of drug-likeness (QED) is 0.694. The minimum absolute atomic E-state index is 0.119. The summed E-state index contributed by atoms with van der Waals surface area (Å²) in [7, 11) is 0. The highest BCUT2D eigenvalue weighted by molar-refractivity contribution is 5.28. The van der Waals surface area contributed by atoms with E-state index in [1.165, 1.54) is 0 Å². The van der Waals surface area contributed by atoms with E-state index in [9.17, 15) is 15.3 Å². The van der Waals surface area contributed by atoms with E-state index in [0.29, 0.717) is 13.0 Å². The lowest BCUT2D eigenvalue weighted by Gasteiger charge is -2.30. The van der Waals surface area contributed by atoms with Crippen molar-refractivity contribution < 1.29 is 20.1 Å². The molecule has 0 radical (unpaired) electrons. The molecule has 4 atom stereocenters. The van der Waals surface area contributed by atoms with Gasteiger partial charge in [-0.2, -0.15) is 0 Å².